The lowest BCUT2D eigenvalue weighted by atomic mass is 9.78. The van der Waals surface area contributed by atoms with Crippen LogP contribution in [-0.4, -0.2) is 60.3 Å². The molecule has 0 spiro atoms. The Morgan fingerprint density at radius 1 is 1.27 bits per heavy atom. The molecule has 2 aromatic heterocycles. The molecule has 0 unspecified atom stereocenters. The van der Waals surface area contributed by atoms with Crippen LogP contribution in [0.3, 0.4) is 0 Å². The number of aromatic nitrogens is 2. The number of pyridine rings is 2. The minimum absolute atomic E-state index is 0.0161. The number of fused-ring (bicyclic) bond motifs is 4. The van der Waals surface area contributed by atoms with Crippen LogP contribution in [0.15, 0.2) is 47.5 Å². The topological polar surface area (TPSA) is 76.5 Å². The highest BCUT2D eigenvalue weighted by atomic mass is 16.5. The van der Waals surface area contributed by atoms with Crippen molar-refractivity contribution in [2.24, 2.45) is 5.92 Å². The first-order chi connectivity index (χ1) is 14.7. The predicted octanol–water partition coefficient (Wildman–Crippen LogP) is 1.60. The van der Waals surface area contributed by atoms with Crippen LogP contribution in [0.25, 0.3) is 0 Å². The molecule has 1 amide bonds. The van der Waals surface area contributed by atoms with Gasteiger partial charge in [0.15, 0.2) is 0 Å². The van der Waals surface area contributed by atoms with E-state index in [-0.39, 0.29) is 17.5 Å². The number of rotatable bonds is 8. The first-order valence-electron chi connectivity index (χ1n) is 10.7. The third-order valence-electron chi connectivity index (χ3n) is 6.36. The van der Waals surface area contributed by atoms with Gasteiger partial charge in [0, 0.05) is 69.8 Å². The Hall–Kier alpha value is -2.51. The highest BCUT2D eigenvalue weighted by molar-refractivity contribution is 5.75. The van der Waals surface area contributed by atoms with E-state index in [1.54, 1.807) is 19.4 Å². The smallest absolute Gasteiger partial charge is 0.251 e. The summed E-state index contributed by atoms with van der Waals surface area (Å²) in [5, 5.41) is 3.03. The second-order valence-electron chi connectivity index (χ2n) is 8.34. The third kappa shape index (κ3) is 4.63. The Balaban J connectivity index is 1.49. The summed E-state index contributed by atoms with van der Waals surface area (Å²) in [6.45, 7) is 3.76. The van der Waals surface area contributed by atoms with Crippen molar-refractivity contribution in [3.05, 3.63) is 64.3 Å². The molecule has 7 heteroatoms. The minimum Gasteiger partial charge on any atom is -0.384 e. The average Bonchev–Trinajstić information content (AvgIpc) is 2.77. The van der Waals surface area contributed by atoms with Gasteiger partial charge in [0.2, 0.25) is 5.91 Å². The number of hydrogen-bond acceptors (Lipinski definition) is 5. The van der Waals surface area contributed by atoms with Crippen LogP contribution in [0.1, 0.15) is 36.1 Å². The largest absolute Gasteiger partial charge is 0.384 e. The van der Waals surface area contributed by atoms with Gasteiger partial charge >= 0.3 is 0 Å². The molecule has 1 N–H and O–H groups in total. The standard InChI is InChI=1S/C23H30N4O3/c1-30-11-8-22(28)25-14-21-19-12-18(20-5-2-6-23(29)27(20)21)15-26(16-19)10-7-17-4-3-9-24-13-17/h2-6,9,13,18-19,21H,7-8,10-12,14-16H2,1H3,(H,25,28)/t18-,19+,21+/m1/s1. The Morgan fingerprint density at radius 2 is 2.17 bits per heavy atom. The summed E-state index contributed by atoms with van der Waals surface area (Å²) in [6, 6.07) is 9.64. The Kier molecular flexibility index (Phi) is 6.59. The Labute approximate surface area is 177 Å². The van der Waals surface area contributed by atoms with Crippen LogP contribution in [0.4, 0.5) is 0 Å². The lowest BCUT2D eigenvalue weighted by Crippen LogP contribution is -2.52. The van der Waals surface area contributed by atoms with Crippen molar-refractivity contribution in [1.82, 2.24) is 19.8 Å². The molecule has 2 aliphatic rings. The van der Waals surface area contributed by atoms with Gasteiger partial charge < -0.3 is 19.5 Å². The van der Waals surface area contributed by atoms with Crippen LogP contribution in [0.5, 0.6) is 0 Å². The Bertz CT molecular complexity index is 914. The molecule has 2 bridgehead atoms. The van der Waals surface area contributed by atoms with Gasteiger partial charge in [-0.2, -0.15) is 0 Å². The van der Waals surface area contributed by atoms with E-state index in [9.17, 15) is 9.59 Å². The summed E-state index contributed by atoms with van der Waals surface area (Å²) in [5.41, 5.74) is 2.37. The number of carbonyl (C=O) groups is 1. The maximum Gasteiger partial charge on any atom is 0.251 e. The predicted molar refractivity (Wildman–Crippen MR) is 114 cm³/mol. The zero-order valence-electron chi connectivity index (χ0n) is 17.5. The van der Waals surface area contributed by atoms with E-state index in [4.69, 9.17) is 4.74 Å². The van der Waals surface area contributed by atoms with Crippen molar-refractivity contribution in [1.29, 1.82) is 0 Å². The molecule has 7 nitrogen and oxygen atoms in total. The summed E-state index contributed by atoms with van der Waals surface area (Å²) in [7, 11) is 1.59. The third-order valence-corrected chi connectivity index (χ3v) is 6.36. The summed E-state index contributed by atoms with van der Waals surface area (Å²) in [6.07, 6.45) is 6.09. The van der Waals surface area contributed by atoms with Crippen LogP contribution >= 0.6 is 0 Å². The molecule has 0 radical (unpaired) electrons. The second kappa shape index (κ2) is 9.53. The second-order valence-corrected chi connectivity index (χ2v) is 8.34. The van der Waals surface area contributed by atoms with Crippen molar-refractivity contribution in [3.8, 4) is 0 Å². The molecule has 1 saturated heterocycles. The summed E-state index contributed by atoms with van der Waals surface area (Å²) in [5.74, 6) is 0.661. The number of nitrogens with zero attached hydrogens (tertiary/aromatic N) is 3. The lowest BCUT2D eigenvalue weighted by Gasteiger charge is -2.47. The van der Waals surface area contributed by atoms with Crippen molar-refractivity contribution in [2.75, 3.05) is 39.9 Å². The molecular formula is C23H30N4O3. The van der Waals surface area contributed by atoms with Crippen LogP contribution in [0, 0.1) is 5.92 Å². The number of ether oxygens (including phenoxy) is 1. The van der Waals surface area contributed by atoms with Gasteiger partial charge in [0.05, 0.1) is 12.6 Å². The normalized spacial score (nSPS) is 23.0. The van der Waals surface area contributed by atoms with Crippen LogP contribution < -0.4 is 10.9 Å². The zero-order valence-corrected chi connectivity index (χ0v) is 17.5. The van der Waals surface area contributed by atoms with Gasteiger partial charge in [-0.25, -0.2) is 0 Å². The minimum atomic E-state index is -0.0336. The maximum absolute atomic E-state index is 12.7. The van der Waals surface area contributed by atoms with Crippen molar-refractivity contribution in [3.63, 3.8) is 0 Å². The number of piperidine rings is 1. The van der Waals surface area contributed by atoms with Gasteiger partial charge in [-0.05, 0) is 36.5 Å². The van der Waals surface area contributed by atoms with Crippen molar-refractivity contribution < 1.29 is 9.53 Å². The quantitative estimate of drug-likeness (QED) is 0.715. The molecule has 0 saturated carbocycles. The summed E-state index contributed by atoms with van der Waals surface area (Å²) in [4.78, 5) is 31.6. The van der Waals surface area contributed by atoms with E-state index < -0.39 is 0 Å². The van der Waals surface area contributed by atoms with Crippen LogP contribution in [0.2, 0.25) is 0 Å². The van der Waals surface area contributed by atoms with Crippen molar-refractivity contribution in [2.45, 2.75) is 31.2 Å². The SMILES string of the molecule is COCCC(=O)NC[C@H]1[C@H]2C[C@H](CN(CCc3cccnc3)C2)c2cccc(=O)n21. The first-order valence-corrected chi connectivity index (χ1v) is 10.7. The lowest BCUT2D eigenvalue weighted by molar-refractivity contribution is -0.122. The summed E-state index contributed by atoms with van der Waals surface area (Å²) < 4.78 is 6.93. The molecule has 160 valence electrons. The van der Waals surface area contributed by atoms with Gasteiger partial charge in [-0.1, -0.05) is 12.1 Å². The fourth-order valence-corrected chi connectivity index (χ4v) is 4.92. The van der Waals surface area contributed by atoms with Crippen LogP contribution in [-0.2, 0) is 16.0 Å². The number of nitrogens with one attached hydrogen (secondary N) is 1. The monoisotopic (exact) mass is 410 g/mol. The molecular weight excluding hydrogens is 380 g/mol. The molecule has 4 heterocycles. The molecule has 3 atom stereocenters. The highest BCUT2D eigenvalue weighted by Gasteiger charge is 2.40. The number of hydrogen-bond donors (Lipinski definition) is 1. The van der Waals surface area contributed by atoms with E-state index in [2.05, 4.69) is 27.3 Å². The van der Waals surface area contributed by atoms with Gasteiger partial charge in [-0.3, -0.25) is 14.6 Å². The maximum atomic E-state index is 12.7. The number of likely N-dealkylation sites (tertiary alicyclic amines) is 1. The molecule has 4 rings (SSSR count). The van der Waals surface area contributed by atoms with E-state index >= 15 is 0 Å². The van der Waals surface area contributed by atoms with E-state index in [0.717, 1.165) is 38.2 Å². The van der Waals surface area contributed by atoms with Gasteiger partial charge in [-0.15, -0.1) is 0 Å². The van der Waals surface area contributed by atoms with Gasteiger partial charge in [0.25, 0.3) is 5.56 Å². The molecule has 30 heavy (non-hydrogen) atoms. The fourth-order valence-electron chi connectivity index (χ4n) is 4.92. The number of amides is 1. The van der Waals surface area contributed by atoms with E-state index in [1.807, 2.05) is 22.9 Å². The van der Waals surface area contributed by atoms with E-state index in [0.29, 0.717) is 31.4 Å². The molecule has 2 aliphatic heterocycles. The molecule has 2 aromatic rings. The molecule has 0 aromatic carbocycles. The van der Waals surface area contributed by atoms with Crippen molar-refractivity contribution >= 4 is 5.91 Å². The molecule has 0 aliphatic carbocycles. The zero-order chi connectivity index (χ0) is 20.9. The Morgan fingerprint density at radius 3 is 2.97 bits per heavy atom. The number of methoxy groups -OCH3 is 1. The number of carbonyl (C=O) groups excluding carboxylic acids is 1. The summed E-state index contributed by atoms with van der Waals surface area (Å²) >= 11 is 0. The van der Waals surface area contributed by atoms with Gasteiger partial charge in [0.1, 0.15) is 0 Å². The fraction of sp³-hybridized carbons (Fsp3) is 0.522. The average molecular weight is 411 g/mol. The first kappa shape index (κ1) is 20.8. The van der Waals surface area contributed by atoms with E-state index in [1.165, 1.54) is 5.56 Å². The highest BCUT2D eigenvalue weighted by Crippen LogP contribution is 2.40. The molecule has 1 fully saturated rings.